The van der Waals surface area contributed by atoms with Crippen LogP contribution in [0.2, 0.25) is 0 Å². The predicted molar refractivity (Wildman–Crippen MR) is 70.9 cm³/mol. The van der Waals surface area contributed by atoms with Gasteiger partial charge in [0.25, 0.3) is 0 Å². The average molecular weight is 283 g/mol. The van der Waals surface area contributed by atoms with Gasteiger partial charge in [0.15, 0.2) is 0 Å². The smallest absolute Gasteiger partial charge is 0.307 e. The lowest BCUT2D eigenvalue weighted by atomic mass is 9.78. The van der Waals surface area contributed by atoms with E-state index >= 15 is 0 Å². The summed E-state index contributed by atoms with van der Waals surface area (Å²) in [4.78, 5) is 24.0. The van der Waals surface area contributed by atoms with Crippen molar-refractivity contribution in [1.29, 1.82) is 0 Å². The van der Waals surface area contributed by atoms with Crippen molar-refractivity contribution in [3.8, 4) is 0 Å². The number of carboxylic acid groups (broad SMARTS) is 1. The third kappa shape index (κ3) is 2.12. The van der Waals surface area contributed by atoms with E-state index in [2.05, 4.69) is 0 Å². The maximum Gasteiger partial charge on any atom is 0.307 e. The van der Waals surface area contributed by atoms with Crippen LogP contribution in [0.3, 0.4) is 0 Å². The van der Waals surface area contributed by atoms with Gasteiger partial charge in [-0.25, -0.2) is 0 Å². The number of carbonyl (C=O) groups is 1. The number of carboxylic acids is 1. The van der Waals surface area contributed by atoms with E-state index in [1.54, 1.807) is 4.57 Å². The Morgan fingerprint density at radius 2 is 2.11 bits per heavy atom. The fourth-order valence-electron chi connectivity index (χ4n) is 3.33. The second-order valence-electron chi connectivity index (χ2n) is 5.33. The molecule has 0 radical (unpaired) electrons. The third-order valence-corrected chi connectivity index (χ3v) is 5.34. The van der Waals surface area contributed by atoms with Crippen LogP contribution in [0.4, 0.5) is 0 Å². The minimum Gasteiger partial charge on any atom is -0.481 e. The lowest BCUT2D eigenvalue weighted by molar-refractivity contribution is -0.137. The Morgan fingerprint density at radius 3 is 2.79 bits per heavy atom. The molecule has 1 saturated heterocycles. The monoisotopic (exact) mass is 283 g/mol. The van der Waals surface area contributed by atoms with Crippen molar-refractivity contribution in [2.24, 2.45) is 0 Å². The zero-order valence-electron chi connectivity index (χ0n) is 10.7. The summed E-state index contributed by atoms with van der Waals surface area (Å²) >= 11 is 1.30. The van der Waals surface area contributed by atoms with Gasteiger partial charge in [0.05, 0.1) is 6.42 Å². The number of aromatic nitrogens is 1. The van der Waals surface area contributed by atoms with Crippen LogP contribution in [-0.4, -0.2) is 28.9 Å². The number of fused-ring (bicyclic) bond motifs is 2. The normalized spacial score (nSPS) is 20.6. The highest BCUT2D eigenvalue weighted by molar-refractivity contribution is 7.09. The molecule has 0 amide bonds. The SMILES string of the molecule is O=C(O)CCn1c2c(sc1=O)CCC21CCOCC1. The molecule has 5 nitrogen and oxygen atoms in total. The molecule has 104 valence electrons. The molecule has 0 atom stereocenters. The zero-order valence-corrected chi connectivity index (χ0v) is 11.5. The van der Waals surface area contributed by atoms with Crippen molar-refractivity contribution in [3.63, 3.8) is 0 Å². The number of rotatable bonds is 3. The summed E-state index contributed by atoms with van der Waals surface area (Å²) in [5.74, 6) is -0.856. The molecule has 1 N–H and O–H groups in total. The predicted octanol–water partition coefficient (Wildman–Crippen LogP) is 1.38. The molecule has 0 unspecified atom stereocenters. The van der Waals surface area contributed by atoms with Crippen LogP contribution < -0.4 is 4.87 Å². The summed E-state index contributed by atoms with van der Waals surface area (Å²) in [5, 5.41) is 8.82. The molecule has 0 aromatic carbocycles. The minimum atomic E-state index is -0.856. The van der Waals surface area contributed by atoms with Crippen molar-refractivity contribution in [3.05, 3.63) is 20.2 Å². The van der Waals surface area contributed by atoms with Crippen LogP contribution in [-0.2, 0) is 27.9 Å². The lowest BCUT2D eigenvalue weighted by Gasteiger charge is -2.34. The third-order valence-electron chi connectivity index (χ3n) is 4.30. The summed E-state index contributed by atoms with van der Waals surface area (Å²) in [5.41, 5.74) is 1.18. The number of thiazole rings is 1. The lowest BCUT2D eigenvalue weighted by Crippen LogP contribution is -2.35. The van der Waals surface area contributed by atoms with Crippen molar-refractivity contribution in [2.45, 2.75) is 44.1 Å². The van der Waals surface area contributed by atoms with Gasteiger partial charge in [-0.2, -0.15) is 0 Å². The van der Waals surface area contributed by atoms with Crippen molar-refractivity contribution in [2.75, 3.05) is 13.2 Å². The molecule has 0 bridgehead atoms. The molecule has 19 heavy (non-hydrogen) atoms. The molecule has 1 aromatic rings. The van der Waals surface area contributed by atoms with E-state index < -0.39 is 5.97 Å². The summed E-state index contributed by atoms with van der Waals surface area (Å²) in [6, 6.07) is 0. The first-order chi connectivity index (χ1) is 9.12. The average Bonchev–Trinajstić information content (AvgIpc) is 2.87. The second-order valence-corrected chi connectivity index (χ2v) is 6.37. The number of aryl methyl sites for hydroxylation is 1. The molecular formula is C13H17NO4S. The molecule has 0 saturated carbocycles. The Labute approximate surface area is 114 Å². The molecule has 2 aliphatic rings. The Kier molecular flexibility index (Phi) is 3.22. The summed E-state index contributed by atoms with van der Waals surface area (Å²) in [6.07, 6.45) is 3.93. The van der Waals surface area contributed by atoms with Gasteiger partial charge in [0.1, 0.15) is 0 Å². The highest BCUT2D eigenvalue weighted by atomic mass is 32.1. The first-order valence-corrected chi connectivity index (χ1v) is 7.47. The molecule has 1 aliphatic heterocycles. The van der Waals surface area contributed by atoms with E-state index in [9.17, 15) is 9.59 Å². The minimum absolute atomic E-state index is 0.00295. The summed E-state index contributed by atoms with van der Waals surface area (Å²) in [7, 11) is 0. The van der Waals surface area contributed by atoms with Crippen LogP contribution in [0, 0.1) is 0 Å². The Balaban J connectivity index is 1.98. The van der Waals surface area contributed by atoms with Gasteiger partial charge in [-0.15, -0.1) is 0 Å². The van der Waals surface area contributed by atoms with Crippen LogP contribution in [0.1, 0.15) is 36.3 Å². The molecule has 1 spiro atoms. The van der Waals surface area contributed by atoms with Gasteiger partial charge < -0.3 is 14.4 Å². The topological polar surface area (TPSA) is 68.5 Å². The number of aliphatic carboxylic acids is 1. The van der Waals surface area contributed by atoms with Gasteiger partial charge in [-0.1, -0.05) is 11.3 Å². The van der Waals surface area contributed by atoms with E-state index in [4.69, 9.17) is 9.84 Å². The molecule has 6 heteroatoms. The van der Waals surface area contributed by atoms with E-state index in [0.29, 0.717) is 6.54 Å². The number of hydrogen-bond donors (Lipinski definition) is 1. The number of hydrogen-bond acceptors (Lipinski definition) is 4. The highest BCUT2D eigenvalue weighted by Crippen LogP contribution is 2.46. The Hall–Kier alpha value is -1.14. The zero-order chi connectivity index (χ0) is 13.5. The number of nitrogens with zero attached hydrogens (tertiary/aromatic N) is 1. The molecule has 2 heterocycles. The first kappa shape index (κ1) is 12.9. The molecule has 1 aliphatic carbocycles. The largest absolute Gasteiger partial charge is 0.481 e. The Bertz CT molecular complexity index is 553. The highest BCUT2D eigenvalue weighted by Gasteiger charge is 2.43. The van der Waals surface area contributed by atoms with Crippen LogP contribution in [0.15, 0.2) is 4.79 Å². The van der Waals surface area contributed by atoms with E-state index in [1.807, 2.05) is 0 Å². The van der Waals surface area contributed by atoms with Gasteiger partial charge >= 0.3 is 10.8 Å². The summed E-state index contributed by atoms with van der Waals surface area (Å²) in [6.45, 7) is 1.77. The van der Waals surface area contributed by atoms with Crippen molar-refractivity contribution < 1.29 is 14.6 Å². The van der Waals surface area contributed by atoms with Gasteiger partial charge in [0, 0.05) is 35.7 Å². The molecule has 1 aromatic heterocycles. The first-order valence-electron chi connectivity index (χ1n) is 6.65. The maximum atomic E-state index is 12.0. The van der Waals surface area contributed by atoms with Gasteiger partial charge in [0.2, 0.25) is 0 Å². The van der Waals surface area contributed by atoms with Gasteiger partial charge in [-0.05, 0) is 25.7 Å². The van der Waals surface area contributed by atoms with Crippen LogP contribution in [0.25, 0.3) is 0 Å². The quantitative estimate of drug-likeness (QED) is 0.910. The maximum absolute atomic E-state index is 12.0. The second kappa shape index (κ2) is 4.76. The van der Waals surface area contributed by atoms with Crippen molar-refractivity contribution >= 4 is 17.3 Å². The van der Waals surface area contributed by atoms with Crippen LogP contribution >= 0.6 is 11.3 Å². The van der Waals surface area contributed by atoms with Crippen LogP contribution in [0.5, 0.6) is 0 Å². The fourth-order valence-corrected chi connectivity index (χ4v) is 4.46. The number of ether oxygens (including phenoxy) is 1. The molecule has 3 rings (SSSR count). The van der Waals surface area contributed by atoms with E-state index in [-0.39, 0.29) is 16.7 Å². The van der Waals surface area contributed by atoms with Gasteiger partial charge in [-0.3, -0.25) is 9.59 Å². The molecule has 1 fully saturated rings. The Morgan fingerprint density at radius 1 is 1.37 bits per heavy atom. The van der Waals surface area contributed by atoms with E-state index in [1.165, 1.54) is 11.3 Å². The fraction of sp³-hybridized carbons (Fsp3) is 0.692. The van der Waals surface area contributed by atoms with E-state index in [0.717, 1.165) is 49.5 Å². The summed E-state index contributed by atoms with van der Waals surface area (Å²) < 4.78 is 7.15. The van der Waals surface area contributed by atoms with Crippen molar-refractivity contribution in [1.82, 2.24) is 4.57 Å². The standard InChI is InChI=1S/C13H17NO4S/c15-10(16)2-6-14-11-9(19-12(14)17)1-3-13(11)4-7-18-8-5-13/h1-8H2,(H,15,16). The molecular weight excluding hydrogens is 266 g/mol.